The molecule has 1 aromatic carbocycles. The van der Waals surface area contributed by atoms with Gasteiger partial charge in [0.1, 0.15) is 0 Å². The Morgan fingerprint density at radius 2 is 1.28 bits per heavy atom. The second-order valence-corrected chi connectivity index (χ2v) is 3.47. The van der Waals surface area contributed by atoms with E-state index in [1.807, 2.05) is 0 Å². The molecule has 18 heavy (non-hydrogen) atoms. The Hall–Kier alpha value is -2.70. The average molecular weight is 251 g/mol. The number of primary amides is 1. The van der Waals surface area contributed by atoms with Gasteiger partial charge in [-0.2, -0.15) is 0 Å². The summed E-state index contributed by atoms with van der Waals surface area (Å²) < 4.78 is 0. The molecule has 1 aromatic rings. The minimum absolute atomic E-state index is 0.287. The van der Waals surface area contributed by atoms with Crippen molar-refractivity contribution in [3.63, 3.8) is 0 Å². The summed E-state index contributed by atoms with van der Waals surface area (Å²) in [6.45, 7) is 1.09. The summed E-state index contributed by atoms with van der Waals surface area (Å²) >= 11 is 0. The van der Waals surface area contributed by atoms with Gasteiger partial charge in [0.15, 0.2) is 5.78 Å². The van der Waals surface area contributed by atoms with Crippen molar-refractivity contribution in [1.82, 2.24) is 0 Å². The highest BCUT2D eigenvalue weighted by molar-refractivity contribution is 6.11. The molecule has 0 atom stereocenters. The Labute approximate surface area is 101 Å². The zero-order valence-corrected chi connectivity index (χ0v) is 9.26. The van der Waals surface area contributed by atoms with E-state index in [1.54, 1.807) is 0 Å². The molecular weight excluding hydrogens is 242 g/mol. The summed E-state index contributed by atoms with van der Waals surface area (Å²) in [6.07, 6.45) is 0. The minimum atomic E-state index is -1.47. The first-order valence-electron chi connectivity index (χ1n) is 4.71. The first-order chi connectivity index (χ1) is 8.25. The fourth-order valence-corrected chi connectivity index (χ4v) is 1.45. The van der Waals surface area contributed by atoms with Crippen molar-refractivity contribution in [3.8, 4) is 0 Å². The zero-order valence-electron chi connectivity index (χ0n) is 9.26. The predicted molar refractivity (Wildman–Crippen MR) is 58.9 cm³/mol. The molecule has 7 nitrogen and oxygen atoms in total. The normalized spacial score (nSPS) is 9.83. The van der Waals surface area contributed by atoms with Crippen molar-refractivity contribution < 1.29 is 29.4 Å². The Bertz CT molecular complexity index is 477. The van der Waals surface area contributed by atoms with E-state index >= 15 is 0 Å². The summed E-state index contributed by atoms with van der Waals surface area (Å²) in [5.41, 5.74) is 3.27. The molecule has 0 saturated carbocycles. The van der Waals surface area contributed by atoms with Crippen molar-refractivity contribution in [2.45, 2.75) is 6.92 Å². The van der Waals surface area contributed by atoms with E-state index in [2.05, 4.69) is 0 Å². The van der Waals surface area contributed by atoms with Gasteiger partial charge in [0.2, 0.25) is 5.91 Å². The van der Waals surface area contributed by atoms with Crippen LogP contribution in [0.4, 0.5) is 0 Å². The molecule has 0 bridgehead atoms. The van der Waals surface area contributed by atoms with Gasteiger partial charge in [-0.15, -0.1) is 0 Å². The fourth-order valence-electron chi connectivity index (χ4n) is 1.45. The third-order valence-corrected chi connectivity index (χ3v) is 2.26. The predicted octanol–water partition coefficient (Wildman–Crippen LogP) is 0.385. The zero-order chi connectivity index (χ0) is 14.0. The van der Waals surface area contributed by atoms with Crippen molar-refractivity contribution in [1.29, 1.82) is 0 Å². The van der Waals surface area contributed by atoms with Crippen LogP contribution in [0.2, 0.25) is 0 Å². The van der Waals surface area contributed by atoms with Crippen LogP contribution in [0.1, 0.15) is 48.4 Å². The monoisotopic (exact) mass is 251 g/mol. The Balaban J connectivity index is 3.71. The smallest absolute Gasteiger partial charge is 0.336 e. The number of hydrogen-bond donors (Lipinski definition) is 3. The van der Waals surface area contributed by atoms with E-state index < -0.39 is 40.3 Å². The van der Waals surface area contributed by atoms with Crippen LogP contribution in [0.5, 0.6) is 0 Å². The minimum Gasteiger partial charge on any atom is -0.478 e. The molecule has 0 saturated heterocycles. The van der Waals surface area contributed by atoms with Gasteiger partial charge >= 0.3 is 11.9 Å². The molecule has 0 aliphatic heterocycles. The Kier molecular flexibility index (Phi) is 3.46. The van der Waals surface area contributed by atoms with Gasteiger partial charge in [-0.1, -0.05) is 0 Å². The second kappa shape index (κ2) is 4.66. The van der Waals surface area contributed by atoms with Crippen LogP contribution >= 0.6 is 0 Å². The van der Waals surface area contributed by atoms with E-state index in [-0.39, 0.29) is 5.56 Å². The summed E-state index contributed by atoms with van der Waals surface area (Å²) in [4.78, 5) is 44.2. The summed E-state index contributed by atoms with van der Waals surface area (Å²) in [6, 6.07) is 1.64. The SMILES string of the molecule is CC(=O)c1cc(C(=O)O)c(C(N)=O)cc1C(=O)O. The van der Waals surface area contributed by atoms with Crippen LogP contribution in [0.15, 0.2) is 12.1 Å². The highest BCUT2D eigenvalue weighted by Crippen LogP contribution is 2.18. The highest BCUT2D eigenvalue weighted by atomic mass is 16.4. The maximum atomic E-state index is 11.3. The molecule has 4 N–H and O–H groups in total. The molecule has 0 spiro atoms. The molecule has 0 heterocycles. The highest BCUT2D eigenvalue weighted by Gasteiger charge is 2.22. The van der Waals surface area contributed by atoms with Crippen LogP contribution in [0.3, 0.4) is 0 Å². The van der Waals surface area contributed by atoms with Crippen molar-refractivity contribution in [2.75, 3.05) is 0 Å². The van der Waals surface area contributed by atoms with Crippen LogP contribution in [-0.2, 0) is 0 Å². The van der Waals surface area contributed by atoms with E-state index in [4.69, 9.17) is 15.9 Å². The molecule has 0 aliphatic rings. The van der Waals surface area contributed by atoms with Gasteiger partial charge in [-0.3, -0.25) is 9.59 Å². The van der Waals surface area contributed by atoms with Gasteiger partial charge in [0.25, 0.3) is 0 Å². The lowest BCUT2D eigenvalue weighted by molar-refractivity contribution is 0.0676. The van der Waals surface area contributed by atoms with E-state index in [1.165, 1.54) is 0 Å². The number of carbonyl (C=O) groups is 4. The maximum Gasteiger partial charge on any atom is 0.336 e. The number of ketones is 1. The van der Waals surface area contributed by atoms with E-state index in [0.29, 0.717) is 0 Å². The molecule has 1 rings (SSSR count). The molecular formula is C11H9NO6. The van der Waals surface area contributed by atoms with Crippen LogP contribution in [-0.4, -0.2) is 33.8 Å². The molecule has 7 heteroatoms. The number of carbonyl (C=O) groups excluding carboxylic acids is 2. The number of carboxylic acid groups (broad SMARTS) is 2. The lowest BCUT2D eigenvalue weighted by Gasteiger charge is -2.08. The van der Waals surface area contributed by atoms with Gasteiger partial charge in [0, 0.05) is 5.56 Å². The number of nitrogens with two attached hydrogens (primary N) is 1. The number of amides is 1. The second-order valence-electron chi connectivity index (χ2n) is 3.47. The third-order valence-electron chi connectivity index (χ3n) is 2.26. The number of rotatable bonds is 4. The van der Waals surface area contributed by atoms with Gasteiger partial charge in [-0.05, 0) is 19.1 Å². The molecule has 0 aliphatic carbocycles. The van der Waals surface area contributed by atoms with Crippen molar-refractivity contribution >= 4 is 23.6 Å². The molecule has 1 amide bonds. The number of hydrogen-bond acceptors (Lipinski definition) is 4. The largest absolute Gasteiger partial charge is 0.478 e. The fraction of sp³-hybridized carbons (Fsp3) is 0.0909. The van der Waals surface area contributed by atoms with Crippen LogP contribution in [0, 0.1) is 0 Å². The molecule has 0 fully saturated rings. The van der Waals surface area contributed by atoms with Gasteiger partial charge in [0.05, 0.1) is 16.7 Å². The van der Waals surface area contributed by atoms with Crippen molar-refractivity contribution in [2.24, 2.45) is 5.73 Å². The number of Topliss-reactive ketones (excluding diaryl/α,β-unsaturated/α-hetero) is 1. The standard InChI is InChI=1S/C11H9NO6/c1-4(13)5-2-8(11(17)18)6(9(12)14)3-7(5)10(15)16/h2-3H,1H3,(H2,12,14)(H,15,16)(H,17,18). The van der Waals surface area contributed by atoms with Gasteiger partial charge in [-0.25, -0.2) is 9.59 Å². The number of carboxylic acids is 2. The van der Waals surface area contributed by atoms with E-state index in [0.717, 1.165) is 19.1 Å². The maximum absolute atomic E-state index is 11.3. The topological polar surface area (TPSA) is 135 Å². The van der Waals surface area contributed by atoms with Crippen LogP contribution in [0.25, 0.3) is 0 Å². The van der Waals surface area contributed by atoms with E-state index in [9.17, 15) is 19.2 Å². The van der Waals surface area contributed by atoms with Crippen LogP contribution < -0.4 is 5.73 Å². The van der Waals surface area contributed by atoms with Gasteiger partial charge < -0.3 is 15.9 Å². The Morgan fingerprint density at radius 3 is 1.61 bits per heavy atom. The third kappa shape index (κ3) is 2.34. The molecule has 0 radical (unpaired) electrons. The molecule has 94 valence electrons. The summed E-state index contributed by atoms with van der Waals surface area (Å²) in [5, 5.41) is 17.8. The lowest BCUT2D eigenvalue weighted by atomic mass is 9.96. The lowest BCUT2D eigenvalue weighted by Crippen LogP contribution is -2.19. The average Bonchev–Trinajstić information content (AvgIpc) is 2.26. The quantitative estimate of drug-likeness (QED) is 0.662. The molecule has 0 unspecified atom stereocenters. The summed E-state index contributed by atoms with van der Waals surface area (Å²) in [5.74, 6) is -4.61. The number of benzene rings is 1. The molecule has 0 aromatic heterocycles. The first kappa shape index (κ1) is 13.4. The Morgan fingerprint density at radius 1 is 0.889 bits per heavy atom. The summed E-state index contributed by atoms with van der Waals surface area (Å²) in [7, 11) is 0. The van der Waals surface area contributed by atoms with Crippen molar-refractivity contribution in [3.05, 3.63) is 34.4 Å². The first-order valence-corrected chi connectivity index (χ1v) is 4.71. The number of aromatic carboxylic acids is 2.